The number of aromatic nitrogens is 2. The lowest BCUT2D eigenvalue weighted by atomic mass is 9.68. The summed E-state index contributed by atoms with van der Waals surface area (Å²) in [5.41, 5.74) is 16.5. The first-order valence-corrected chi connectivity index (χ1v) is 19.9. The Labute approximate surface area is 330 Å². The molecule has 0 spiro atoms. The normalized spacial score (nSPS) is 14.7. The third-order valence-corrected chi connectivity index (χ3v) is 12.4. The summed E-state index contributed by atoms with van der Waals surface area (Å²) in [5.74, 6) is 0. The first-order valence-electron chi connectivity index (χ1n) is 19.9. The molecule has 2 aliphatic rings. The van der Waals surface area contributed by atoms with Crippen LogP contribution in [0.1, 0.15) is 75.1 Å². The van der Waals surface area contributed by atoms with Crippen LogP contribution in [-0.4, -0.2) is 23.3 Å². The summed E-state index contributed by atoms with van der Waals surface area (Å²) in [6.07, 6.45) is 1.96. The van der Waals surface area contributed by atoms with Crippen LogP contribution in [0.2, 0.25) is 0 Å². The number of hydrogen-bond donors (Lipinski definition) is 0. The van der Waals surface area contributed by atoms with Gasteiger partial charge in [0.1, 0.15) is 0 Å². The van der Waals surface area contributed by atoms with Crippen LogP contribution in [0, 0.1) is 0 Å². The van der Waals surface area contributed by atoms with Gasteiger partial charge in [0, 0.05) is 35.4 Å². The molecule has 0 saturated heterocycles. The van der Waals surface area contributed by atoms with Gasteiger partial charge in [0.15, 0.2) is 0 Å². The molecule has 10 rings (SSSR count). The van der Waals surface area contributed by atoms with Gasteiger partial charge in [-0.1, -0.05) is 133 Å². The Morgan fingerprint density at radius 2 is 1.18 bits per heavy atom. The van der Waals surface area contributed by atoms with E-state index in [9.17, 15) is 0 Å². The van der Waals surface area contributed by atoms with E-state index in [0.29, 0.717) is 0 Å². The third kappa shape index (κ3) is 5.01. The molecule has 0 bridgehead atoms. The van der Waals surface area contributed by atoms with Crippen molar-refractivity contribution in [1.29, 1.82) is 0 Å². The van der Waals surface area contributed by atoms with Gasteiger partial charge >= 0.3 is 0 Å². The molecule has 6 aromatic carbocycles. The van der Waals surface area contributed by atoms with Crippen molar-refractivity contribution < 1.29 is 0 Å². The first kappa shape index (κ1) is 34.4. The average molecular weight is 729 g/mol. The maximum atomic E-state index is 5.25. The van der Waals surface area contributed by atoms with Crippen LogP contribution < -0.4 is 9.80 Å². The number of pyridine rings is 1. The Kier molecular flexibility index (Phi) is 7.48. The minimum Gasteiger partial charge on any atom is -0.355 e. The number of para-hydroxylation sites is 3. The number of rotatable bonds is 4. The average Bonchev–Trinajstić information content (AvgIpc) is 3.82. The quantitative estimate of drug-likeness (QED) is 0.180. The zero-order valence-corrected chi connectivity index (χ0v) is 33.4. The van der Waals surface area contributed by atoms with Crippen molar-refractivity contribution in [3.05, 3.63) is 185 Å². The number of nitrogens with zero attached hydrogens (tertiary/aromatic N) is 4. The van der Waals surface area contributed by atoms with Crippen LogP contribution in [0.3, 0.4) is 0 Å². The molecular weight excluding hydrogens is 681 g/mol. The van der Waals surface area contributed by atoms with E-state index in [2.05, 4.69) is 202 Å². The highest BCUT2D eigenvalue weighted by atomic mass is 15.4. The monoisotopic (exact) mass is 728 g/mol. The van der Waals surface area contributed by atoms with Crippen molar-refractivity contribution in [3.63, 3.8) is 0 Å². The first-order chi connectivity index (χ1) is 26.9. The molecule has 8 aromatic rings. The molecule has 2 aromatic heterocycles. The number of benzene rings is 6. The van der Waals surface area contributed by atoms with Crippen LogP contribution in [0.25, 0.3) is 38.6 Å². The predicted molar refractivity (Wildman–Crippen MR) is 235 cm³/mol. The highest BCUT2D eigenvalue weighted by Gasteiger charge is 2.48. The molecule has 0 fully saturated rings. The molecule has 0 saturated carbocycles. The van der Waals surface area contributed by atoms with Crippen LogP contribution in [0.4, 0.5) is 17.1 Å². The molecule has 0 atom stereocenters. The Morgan fingerprint density at radius 3 is 1.86 bits per heavy atom. The second-order valence-corrected chi connectivity index (χ2v) is 17.8. The SMILES string of the molecule is CN1CN(c2ccc3c4ccccc4n(-c4cccc(C5(c6ccccn6)c6cc(C(C)(C)C)ccc6-c6ccc(C(C)(C)C)cc65)c4)c3c2)c2ccccc21. The molecule has 0 amide bonds. The zero-order chi connectivity index (χ0) is 38.6. The van der Waals surface area contributed by atoms with E-state index in [1.54, 1.807) is 0 Å². The highest BCUT2D eigenvalue weighted by molar-refractivity contribution is 6.10. The van der Waals surface area contributed by atoms with E-state index in [0.717, 1.165) is 18.1 Å². The molecule has 4 nitrogen and oxygen atoms in total. The minimum atomic E-state index is -0.641. The maximum absolute atomic E-state index is 5.25. The number of hydrogen-bond acceptors (Lipinski definition) is 3. The van der Waals surface area contributed by atoms with Crippen molar-refractivity contribution in [1.82, 2.24) is 9.55 Å². The van der Waals surface area contributed by atoms with Crippen molar-refractivity contribution >= 4 is 38.9 Å². The zero-order valence-electron chi connectivity index (χ0n) is 33.4. The lowest BCUT2D eigenvalue weighted by molar-refractivity contribution is 0.585. The molecule has 0 N–H and O–H groups in total. The molecule has 4 heteroatoms. The van der Waals surface area contributed by atoms with Gasteiger partial charge in [-0.2, -0.15) is 0 Å². The van der Waals surface area contributed by atoms with Gasteiger partial charge in [-0.25, -0.2) is 0 Å². The fourth-order valence-corrected chi connectivity index (χ4v) is 9.46. The summed E-state index contributed by atoms with van der Waals surface area (Å²) in [7, 11) is 2.17. The lowest BCUT2D eigenvalue weighted by Gasteiger charge is -2.34. The fourth-order valence-electron chi connectivity index (χ4n) is 9.46. The Balaban J connectivity index is 1.26. The van der Waals surface area contributed by atoms with E-state index in [1.165, 1.54) is 77.8 Å². The maximum Gasteiger partial charge on any atom is 0.0950 e. The third-order valence-electron chi connectivity index (χ3n) is 12.4. The Hall–Kier alpha value is -6.13. The Bertz CT molecular complexity index is 2770. The minimum absolute atomic E-state index is 0.0244. The smallest absolute Gasteiger partial charge is 0.0950 e. The van der Waals surface area contributed by atoms with Gasteiger partial charge in [0.05, 0.1) is 40.2 Å². The second kappa shape index (κ2) is 12.2. The van der Waals surface area contributed by atoms with Gasteiger partial charge in [0.25, 0.3) is 0 Å². The highest BCUT2D eigenvalue weighted by Crippen LogP contribution is 2.57. The predicted octanol–water partition coefficient (Wildman–Crippen LogP) is 12.7. The molecule has 0 unspecified atom stereocenters. The molecule has 1 aliphatic carbocycles. The summed E-state index contributed by atoms with van der Waals surface area (Å²) in [6.45, 7) is 14.7. The van der Waals surface area contributed by atoms with Gasteiger partial charge in [-0.15, -0.1) is 0 Å². The van der Waals surface area contributed by atoms with Gasteiger partial charge < -0.3 is 14.4 Å². The van der Waals surface area contributed by atoms with E-state index in [1.807, 2.05) is 12.3 Å². The van der Waals surface area contributed by atoms with Crippen LogP contribution in [-0.2, 0) is 16.2 Å². The van der Waals surface area contributed by atoms with E-state index in [4.69, 9.17) is 4.98 Å². The number of anilines is 3. The summed E-state index contributed by atoms with van der Waals surface area (Å²) in [5, 5.41) is 2.50. The molecule has 276 valence electrons. The number of fused-ring (bicyclic) bond motifs is 7. The summed E-state index contributed by atoms with van der Waals surface area (Å²) in [6, 6.07) is 54.6. The molecular formula is C52H48N4. The van der Waals surface area contributed by atoms with E-state index in [-0.39, 0.29) is 10.8 Å². The topological polar surface area (TPSA) is 24.3 Å². The van der Waals surface area contributed by atoms with Crippen LogP contribution >= 0.6 is 0 Å². The van der Waals surface area contributed by atoms with Crippen molar-refractivity contribution in [2.75, 3.05) is 23.5 Å². The van der Waals surface area contributed by atoms with Crippen molar-refractivity contribution in [2.24, 2.45) is 0 Å². The second-order valence-electron chi connectivity index (χ2n) is 17.8. The fraction of sp³-hybridized carbons (Fsp3) is 0.212. The van der Waals surface area contributed by atoms with Crippen molar-refractivity contribution in [2.45, 2.75) is 57.8 Å². The summed E-state index contributed by atoms with van der Waals surface area (Å²) < 4.78 is 2.48. The van der Waals surface area contributed by atoms with Crippen LogP contribution in [0.15, 0.2) is 152 Å². The summed E-state index contributed by atoms with van der Waals surface area (Å²) in [4.78, 5) is 10.00. The molecule has 56 heavy (non-hydrogen) atoms. The standard InChI is InChI=1S/C52H48N4/c1-50(2,3)34-22-25-39-40-26-23-35(51(4,5)6)31-44(40)52(43(39)30-34,49-21-12-13-28-53-49)36-15-14-16-38(29-36)56-45-18-9-8-17-41(45)42-27-24-37(32-48(42)56)55-33-54(7)46-19-10-11-20-47(46)55/h8-32H,33H2,1-7H3. The summed E-state index contributed by atoms with van der Waals surface area (Å²) >= 11 is 0. The van der Waals surface area contributed by atoms with Gasteiger partial charge in [-0.05, 0) is 104 Å². The van der Waals surface area contributed by atoms with Crippen molar-refractivity contribution in [3.8, 4) is 16.8 Å². The molecule has 1 aliphatic heterocycles. The van der Waals surface area contributed by atoms with Gasteiger partial charge in [-0.3, -0.25) is 4.98 Å². The Morgan fingerprint density at radius 1 is 0.536 bits per heavy atom. The molecule has 3 heterocycles. The van der Waals surface area contributed by atoms with Crippen LogP contribution in [0.5, 0.6) is 0 Å². The van der Waals surface area contributed by atoms with E-state index >= 15 is 0 Å². The lowest BCUT2D eigenvalue weighted by Crippen LogP contribution is -2.31. The largest absolute Gasteiger partial charge is 0.355 e. The molecule has 0 radical (unpaired) electrons. The van der Waals surface area contributed by atoms with E-state index < -0.39 is 5.41 Å². The van der Waals surface area contributed by atoms with Gasteiger partial charge in [0.2, 0.25) is 0 Å².